The minimum absolute atomic E-state index is 0.239. The lowest BCUT2D eigenvalue weighted by molar-refractivity contribution is -0.122. The van der Waals surface area contributed by atoms with Gasteiger partial charge < -0.3 is 0 Å². The lowest BCUT2D eigenvalue weighted by atomic mass is 10.3. The van der Waals surface area contributed by atoms with Crippen LogP contribution in [0.15, 0.2) is 33.5 Å². The van der Waals surface area contributed by atoms with E-state index in [0.717, 1.165) is 20.4 Å². The van der Waals surface area contributed by atoms with Gasteiger partial charge in [-0.2, -0.15) is 0 Å². The molecule has 0 aliphatic carbocycles. The van der Waals surface area contributed by atoms with Gasteiger partial charge in [0.1, 0.15) is 0 Å². The third kappa shape index (κ3) is 2.70. The van der Waals surface area contributed by atoms with Crippen molar-refractivity contribution in [1.29, 1.82) is 0 Å². The lowest BCUT2D eigenvalue weighted by Gasteiger charge is -2.07. The van der Waals surface area contributed by atoms with Crippen molar-refractivity contribution in [2.75, 3.05) is 6.54 Å². The maximum Gasteiger partial charge on any atom is 0.293 e. The summed E-state index contributed by atoms with van der Waals surface area (Å²) in [5.41, 5.74) is 0. The molecule has 0 spiro atoms. The van der Waals surface area contributed by atoms with E-state index in [2.05, 4.69) is 22.5 Å². The van der Waals surface area contributed by atoms with Crippen LogP contribution in [0.25, 0.3) is 6.08 Å². The summed E-state index contributed by atoms with van der Waals surface area (Å²) in [6, 6.07) is 3.81. The molecular formula is C11H8BrNO2S2. The van der Waals surface area contributed by atoms with Crippen molar-refractivity contribution in [3.63, 3.8) is 0 Å². The average Bonchev–Trinajstić information content (AvgIpc) is 2.79. The Morgan fingerprint density at radius 2 is 2.18 bits per heavy atom. The van der Waals surface area contributed by atoms with E-state index in [9.17, 15) is 9.59 Å². The number of thiophene rings is 1. The van der Waals surface area contributed by atoms with Crippen LogP contribution in [-0.4, -0.2) is 22.6 Å². The Labute approximate surface area is 115 Å². The lowest BCUT2D eigenvalue weighted by Crippen LogP contribution is -2.27. The van der Waals surface area contributed by atoms with Crippen molar-refractivity contribution < 1.29 is 9.59 Å². The fourth-order valence-corrected chi connectivity index (χ4v) is 3.60. The van der Waals surface area contributed by atoms with Gasteiger partial charge in [-0.1, -0.05) is 6.08 Å². The van der Waals surface area contributed by atoms with E-state index in [4.69, 9.17) is 0 Å². The molecule has 1 aliphatic heterocycles. The van der Waals surface area contributed by atoms with Gasteiger partial charge in [-0.05, 0) is 45.9 Å². The molecule has 0 N–H and O–H groups in total. The topological polar surface area (TPSA) is 37.4 Å². The first-order valence-corrected chi connectivity index (χ1v) is 7.16. The van der Waals surface area contributed by atoms with E-state index in [1.54, 1.807) is 12.2 Å². The van der Waals surface area contributed by atoms with Gasteiger partial charge in [0, 0.05) is 11.4 Å². The van der Waals surface area contributed by atoms with Crippen molar-refractivity contribution in [3.8, 4) is 0 Å². The Hall–Kier alpha value is -0.850. The molecule has 1 aliphatic rings. The summed E-state index contributed by atoms with van der Waals surface area (Å²) in [7, 11) is 0. The molecule has 3 nitrogen and oxygen atoms in total. The van der Waals surface area contributed by atoms with Crippen LogP contribution in [0.3, 0.4) is 0 Å². The molecule has 0 aromatic carbocycles. The molecule has 88 valence electrons. The van der Waals surface area contributed by atoms with Gasteiger partial charge in [-0.3, -0.25) is 14.5 Å². The van der Waals surface area contributed by atoms with Crippen LogP contribution in [0.2, 0.25) is 0 Å². The van der Waals surface area contributed by atoms with Gasteiger partial charge in [-0.25, -0.2) is 0 Å². The smallest absolute Gasteiger partial charge is 0.268 e. The zero-order chi connectivity index (χ0) is 12.4. The molecule has 0 unspecified atom stereocenters. The van der Waals surface area contributed by atoms with E-state index >= 15 is 0 Å². The molecule has 1 fully saturated rings. The first-order chi connectivity index (χ1) is 8.11. The minimum Gasteiger partial charge on any atom is -0.268 e. The summed E-state index contributed by atoms with van der Waals surface area (Å²) >= 11 is 5.84. The summed E-state index contributed by atoms with van der Waals surface area (Å²) in [5.74, 6) is -0.246. The number of carbonyl (C=O) groups excluding carboxylic acids is 2. The van der Waals surface area contributed by atoms with Crippen molar-refractivity contribution in [2.24, 2.45) is 0 Å². The number of nitrogens with zero attached hydrogens (tertiary/aromatic N) is 1. The second kappa shape index (κ2) is 5.20. The van der Waals surface area contributed by atoms with Crippen LogP contribution in [0, 0.1) is 0 Å². The zero-order valence-electron chi connectivity index (χ0n) is 8.68. The molecule has 17 heavy (non-hydrogen) atoms. The number of carbonyl (C=O) groups is 2. The van der Waals surface area contributed by atoms with E-state index in [1.807, 2.05) is 12.1 Å². The zero-order valence-corrected chi connectivity index (χ0v) is 11.9. The predicted molar refractivity (Wildman–Crippen MR) is 74.9 cm³/mol. The monoisotopic (exact) mass is 329 g/mol. The molecule has 2 heterocycles. The summed E-state index contributed by atoms with van der Waals surface area (Å²) in [6.45, 7) is 3.79. The molecule has 0 saturated carbocycles. The SMILES string of the molecule is C=CCN1C(=O)SC(=Cc2ccc(Br)s2)C1=O. The highest BCUT2D eigenvalue weighted by atomic mass is 79.9. The fraction of sp³-hybridized carbons (Fsp3) is 0.0909. The number of rotatable bonds is 3. The van der Waals surface area contributed by atoms with Gasteiger partial charge in [0.25, 0.3) is 11.1 Å². The first-order valence-electron chi connectivity index (χ1n) is 4.73. The maximum absolute atomic E-state index is 11.9. The molecule has 2 amide bonds. The number of hydrogen-bond donors (Lipinski definition) is 0. The molecule has 0 bridgehead atoms. The average molecular weight is 330 g/mol. The summed E-state index contributed by atoms with van der Waals surface area (Å²) < 4.78 is 0.995. The molecule has 1 aromatic rings. The summed E-state index contributed by atoms with van der Waals surface area (Å²) in [6.07, 6.45) is 3.28. The standard InChI is InChI=1S/C11H8BrNO2S2/c1-2-5-13-10(14)8(17-11(13)15)6-7-3-4-9(12)16-7/h2-4,6H,1,5H2. The van der Waals surface area contributed by atoms with Crippen LogP contribution in [-0.2, 0) is 4.79 Å². The third-order valence-corrected chi connectivity index (χ3v) is 4.53. The van der Waals surface area contributed by atoms with Gasteiger partial charge in [0.15, 0.2) is 0 Å². The Kier molecular flexibility index (Phi) is 3.86. The van der Waals surface area contributed by atoms with Crippen LogP contribution in [0.5, 0.6) is 0 Å². The summed E-state index contributed by atoms with van der Waals surface area (Å²) in [4.78, 5) is 26.0. The van der Waals surface area contributed by atoms with E-state index < -0.39 is 0 Å². The Bertz CT molecular complexity index is 521. The normalized spacial score (nSPS) is 18.2. The van der Waals surface area contributed by atoms with Crippen LogP contribution < -0.4 is 0 Å². The fourth-order valence-electron chi connectivity index (χ4n) is 1.32. The third-order valence-electron chi connectivity index (χ3n) is 2.05. The largest absolute Gasteiger partial charge is 0.293 e. The van der Waals surface area contributed by atoms with Gasteiger partial charge in [0.05, 0.1) is 8.69 Å². The molecule has 1 saturated heterocycles. The van der Waals surface area contributed by atoms with Gasteiger partial charge in [0.2, 0.25) is 0 Å². The van der Waals surface area contributed by atoms with E-state index in [-0.39, 0.29) is 17.7 Å². The Morgan fingerprint density at radius 3 is 2.76 bits per heavy atom. The predicted octanol–water partition coefficient (Wildman–Crippen LogP) is 3.73. The number of thioether (sulfide) groups is 1. The quantitative estimate of drug-likeness (QED) is 0.626. The minimum atomic E-state index is -0.246. The molecular weight excluding hydrogens is 322 g/mol. The first kappa shape index (κ1) is 12.6. The molecule has 2 rings (SSSR count). The van der Waals surface area contributed by atoms with Crippen molar-refractivity contribution in [1.82, 2.24) is 4.90 Å². The number of imide groups is 1. The Morgan fingerprint density at radius 1 is 1.41 bits per heavy atom. The second-order valence-corrected chi connectivity index (χ2v) is 6.71. The van der Waals surface area contributed by atoms with Crippen molar-refractivity contribution in [3.05, 3.63) is 38.4 Å². The highest BCUT2D eigenvalue weighted by Gasteiger charge is 2.34. The maximum atomic E-state index is 11.9. The van der Waals surface area contributed by atoms with Gasteiger partial charge >= 0.3 is 0 Å². The molecule has 0 radical (unpaired) electrons. The second-order valence-electron chi connectivity index (χ2n) is 3.22. The van der Waals surface area contributed by atoms with Crippen molar-refractivity contribution >= 4 is 56.3 Å². The Balaban J connectivity index is 2.24. The highest BCUT2D eigenvalue weighted by Crippen LogP contribution is 2.34. The summed E-state index contributed by atoms with van der Waals surface area (Å²) in [5, 5.41) is -0.239. The van der Waals surface area contributed by atoms with E-state index in [1.165, 1.54) is 16.2 Å². The van der Waals surface area contributed by atoms with E-state index in [0.29, 0.717) is 4.91 Å². The van der Waals surface area contributed by atoms with Gasteiger partial charge in [-0.15, -0.1) is 17.9 Å². The van der Waals surface area contributed by atoms with Crippen LogP contribution >= 0.6 is 39.0 Å². The molecule has 6 heteroatoms. The number of hydrogen-bond acceptors (Lipinski definition) is 4. The van der Waals surface area contributed by atoms with Crippen LogP contribution in [0.4, 0.5) is 4.79 Å². The van der Waals surface area contributed by atoms with Crippen molar-refractivity contribution in [2.45, 2.75) is 0 Å². The number of amides is 2. The molecule has 0 atom stereocenters. The molecule has 1 aromatic heterocycles. The van der Waals surface area contributed by atoms with Crippen LogP contribution in [0.1, 0.15) is 4.88 Å². The highest BCUT2D eigenvalue weighted by molar-refractivity contribution is 9.11. The number of halogens is 1.